The first-order valence-electron chi connectivity index (χ1n) is 9.90. The van der Waals surface area contributed by atoms with Crippen molar-refractivity contribution in [1.29, 1.82) is 0 Å². The van der Waals surface area contributed by atoms with Crippen LogP contribution >= 0.6 is 12.4 Å². The number of β-amino-alcohol motifs (C(OH)–C–C–N with tert-alkyl or cyclic N) is 1. The van der Waals surface area contributed by atoms with E-state index in [0.717, 1.165) is 29.2 Å². The van der Waals surface area contributed by atoms with E-state index >= 15 is 0 Å². The second-order valence-electron chi connectivity index (χ2n) is 7.65. The van der Waals surface area contributed by atoms with Crippen LogP contribution in [0.5, 0.6) is 0 Å². The SMILES string of the molecule is Cc1cc(C)n(-c2ccc(C(=O)N[C@]3(c4ccccc4)CCNC[C@H]3O)cc2)n1.Cl. The van der Waals surface area contributed by atoms with E-state index in [2.05, 4.69) is 15.7 Å². The highest BCUT2D eigenvalue weighted by molar-refractivity contribution is 5.95. The summed E-state index contributed by atoms with van der Waals surface area (Å²) < 4.78 is 1.86. The van der Waals surface area contributed by atoms with Gasteiger partial charge in [-0.05, 0) is 62.7 Å². The maximum atomic E-state index is 13.1. The molecule has 1 amide bonds. The van der Waals surface area contributed by atoms with Crippen molar-refractivity contribution in [3.8, 4) is 5.69 Å². The summed E-state index contributed by atoms with van der Waals surface area (Å²) in [4.78, 5) is 13.1. The van der Waals surface area contributed by atoms with Gasteiger partial charge in [-0.1, -0.05) is 30.3 Å². The zero-order valence-corrected chi connectivity index (χ0v) is 17.9. The molecule has 3 aromatic rings. The summed E-state index contributed by atoms with van der Waals surface area (Å²) in [7, 11) is 0. The predicted octanol–water partition coefficient (Wildman–Crippen LogP) is 2.89. The number of hydrogen-bond acceptors (Lipinski definition) is 4. The standard InChI is InChI=1S/C23H26N4O2.ClH/c1-16-14-17(2)27(26-16)20-10-8-18(9-11-20)22(29)25-23(12-13-24-15-21(23)28)19-6-4-3-5-7-19;/h3-11,14,21,24,28H,12-13,15H2,1-2H3,(H,25,29);1H/t21-,23+;/m1./s1. The van der Waals surface area contributed by atoms with Crippen molar-refractivity contribution in [2.75, 3.05) is 13.1 Å². The number of aliphatic hydroxyl groups is 1. The first-order valence-corrected chi connectivity index (χ1v) is 9.90. The Bertz CT molecular complexity index is 1000. The van der Waals surface area contributed by atoms with Gasteiger partial charge in [-0.25, -0.2) is 4.68 Å². The molecule has 7 heteroatoms. The summed E-state index contributed by atoms with van der Waals surface area (Å²) in [6.07, 6.45) is -0.0927. The summed E-state index contributed by atoms with van der Waals surface area (Å²) in [5, 5.41) is 21.6. The van der Waals surface area contributed by atoms with Crippen LogP contribution < -0.4 is 10.6 Å². The van der Waals surface area contributed by atoms with E-state index in [0.29, 0.717) is 18.5 Å². The van der Waals surface area contributed by atoms with Gasteiger partial charge in [-0.2, -0.15) is 5.10 Å². The molecule has 0 saturated carbocycles. The van der Waals surface area contributed by atoms with Crippen molar-refractivity contribution in [3.63, 3.8) is 0 Å². The highest BCUT2D eigenvalue weighted by Gasteiger charge is 2.42. The zero-order valence-electron chi connectivity index (χ0n) is 17.1. The maximum Gasteiger partial charge on any atom is 0.252 e. The number of halogens is 1. The van der Waals surface area contributed by atoms with Gasteiger partial charge in [0.15, 0.2) is 0 Å². The monoisotopic (exact) mass is 426 g/mol. The Balaban J connectivity index is 0.00000256. The Hall–Kier alpha value is -2.67. The summed E-state index contributed by atoms with van der Waals surface area (Å²) in [6, 6.07) is 19.1. The van der Waals surface area contributed by atoms with Crippen LogP contribution in [-0.4, -0.2) is 40.0 Å². The van der Waals surface area contributed by atoms with Crippen molar-refractivity contribution in [3.05, 3.63) is 83.2 Å². The van der Waals surface area contributed by atoms with E-state index in [1.54, 1.807) is 12.1 Å². The van der Waals surface area contributed by atoms with Crippen LogP contribution in [0.15, 0.2) is 60.7 Å². The molecule has 1 aliphatic rings. The van der Waals surface area contributed by atoms with Gasteiger partial charge in [-0.15, -0.1) is 12.4 Å². The minimum Gasteiger partial charge on any atom is -0.389 e. The minimum atomic E-state index is -0.808. The molecule has 1 aliphatic heterocycles. The molecular weight excluding hydrogens is 400 g/mol. The summed E-state index contributed by atoms with van der Waals surface area (Å²) in [5.74, 6) is -0.199. The van der Waals surface area contributed by atoms with Crippen LogP contribution in [0.3, 0.4) is 0 Å². The number of rotatable bonds is 4. The van der Waals surface area contributed by atoms with Crippen molar-refractivity contribution in [2.45, 2.75) is 31.9 Å². The molecule has 1 saturated heterocycles. The third-order valence-corrected chi connectivity index (χ3v) is 5.61. The Morgan fingerprint density at radius 2 is 1.87 bits per heavy atom. The number of nitrogens with one attached hydrogen (secondary N) is 2. The molecule has 3 N–H and O–H groups in total. The van der Waals surface area contributed by atoms with Gasteiger partial charge in [0.2, 0.25) is 0 Å². The quantitative estimate of drug-likeness (QED) is 0.599. The molecule has 6 nitrogen and oxygen atoms in total. The highest BCUT2D eigenvalue weighted by Crippen LogP contribution is 2.31. The van der Waals surface area contributed by atoms with E-state index in [1.807, 2.05) is 67.1 Å². The number of carbonyl (C=O) groups is 1. The molecule has 2 heterocycles. The molecule has 2 aromatic carbocycles. The van der Waals surface area contributed by atoms with E-state index in [-0.39, 0.29) is 18.3 Å². The van der Waals surface area contributed by atoms with Crippen molar-refractivity contribution in [2.24, 2.45) is 0 Å². The lowest BCUT2D eigenvalue weighted by molar-refractivity contribution is 0.0289. The Labute approximate surface area is 182 Å². The second-order valence-corrected chi connectivity index (χ2v) is 7.65. The average molecular weight is 427 g/mol. The van der Waals surface area contributed by atoms with Gasteiger partial charge in [0.25, 0.3) is 5.91 Å². The molecule has 0 spiro atoms. The number of carbonyl (C=O) groups excluding carboxylic acids is 1. The summed E-state index contributed by atoms with van der Waals surface area (Å²) in [6.45, 7) is 5.12. The molecule has 0 bridgehead atoms. The minimum absolute atomic E-state index is 0. The van der Waals surface area contributed by atoms with Crippen LogP contribution in [-0.2, 0) is 5.54 Å². The smallest absolute Gasteiger partial charge is 0.252 e. The number of piperidine rings is 1. The average Bonchev–Trinajstić information content (AvgIpc) is 3.08. The van der Waals surface area contributed by atoms with Gasteiger partial charge < -0.3 is 15.7 Å². The van der Waals surface area contributed by atoms with Crippen LogP contribution in [0, 0.1) is 13.8 Å². The van der Waals surface area contributed by atoms with Gasteiger partial charge in [0.05, 0.1) is 23.0 Å². The molecule has 2 atom stereocenters. The number of nitrogens with zero attached hydrogens (tertiary/aromatic N) is 2. The fraction of sp³-hybridized carbons (Fsp3) is 0.304. The molecule has 4 rings (SSSR count). The van der Waals surface area contributed by atoms with Crippen molar-refractivity contribution >= 4 is 18.3 Å². The first-order chi connectivity index (χ1) is 14.0. The summed E-state index contributed by atoms with van der Waals surface area (Å²) >= 11 is 0. The Morgan fingerprint density at radius 3 is 2.47 bits per heavy atom. The lowest BCUT2D eigenvalue weighted by Gasteiger charge is -2.43. The van der Waals surface area contributed by atoms with Gasteiger partial charge in [0, 0.05) is 17.8 Å². The molecular formula is C23H27ClN4O2. The third-order valence-electron chi connectivity index (χ3n) is 5.61. The molecule has 1 fully saturated rings. The van der Waals surface area contributed by atoms with E-state index in [4.69, 9.17) is 0 Å². The summed E-state index contributed by atoms with van der Waals surface area (Å²) in [5.41, 5.74) is 3.57. The fourth-order valence-corrected chi connectivity index (χ4v) is 4.07. The lowest BCUT2D eigenvalue weighted by atomic mass is 9.79. The van der Waals surface area contributed by atoms with Gasteiger partial charge >= 0.3 is 0 Å². The van der Waals surface area contributed by atoms with E-state index in [9.17, 15) is 9.90 Å². The van der Waals surface area contributed by atoms with Gasteiger partial charge in [0.1, 0.15) is 0 Å². The van der Waals surface area contributed by atoms with E-state index < -0.39 is 11.6 Å². The van der Waals surface area contributed by atoms with Crippen LogP contribution in [0.2, 0.25) is 0 Å². The lowest BCUT2D eigenvalue weighted by Crippen LogP contribution is -2.61. The Morgan fingerprint density at radius 1 is 1.17 bits per heavy atom. The number of benzene rings is 2. The molecule has 30 heavy (non-hydrogen) atoms. The first kappa shape index (κ1) is 22.0. The molecule has 0 aliphatic carbocycles. The number of aliphatic hydroxyl groups excluding tert-OH is 1. The van der Waals surface area contributed by atoms with Crippen LogP contribution in [0.25, 0.3) is 5.69 Å². The highest BCUT2D eigenvalue weighted by atomic mass is 35.5. The third kappa shape index (κ3) is 4.12. The Kier molecular flexibility index (Phi) is 6.61. The van der Waals surface area contributed by atoms with Crippen LogP contribution in [0.4, 0.5) is 0 Å². The number of aromatic nitrogens is 2. The fourth-order valence-electron chi connectivity index (χ4n) is 4.07. The second kappa shape index (κ2) is 9.00. The zero-order chi connectivity index (χ0) is 20.4. The molecule has 158 valence electrons. The largest absolute Gasteiger partial charge is 0.389 e. The number of amides is 1. The normalized spacial score (nSPS) is 21.0. The number of aryl methyl sites for hydroxylation is 2. The van der Waals surface area contributed by atoms with E-state index in [1.165, 1.54) is 0 Å². The molecule has 1 aromatic heterocycles. The van der Waals surface area contributed by atoms with Crippen molar-refractivity contribution < 1.29 is 9.90 Å². The van der Waals surface area contributed by atoms with Gasteiger partial charge in [-0.3, -0.25) is 4.79 Å². The predicted molar refractivity (Wildman–Crippen MR) is 119 cm³/mol. The number of hydrogen-bond donors (Lipinski definition) is 3. The maximum absolute atomic E-state index is 13.1. The molecule has 0 radical (unpaired) electrons. The van der Waals surface area contributed by atoms with Crippen molar-refractivity contribution in [1.82, 2.24) is 20.4 Å². The van der Waals surface area contributed by atoms with Crippen LogP contribution in [0.1, 0.15) is 33.7 Å². The molecule has 0 unspecified atom stereocenters. The topological polar surface area (TPSA) is 79.2 Å².